The van der Waals surface area contributed by atoms with Crippen LogP contribution in [-0.2, 0) is 4.74 Å². The van der Waals surface area contributed by atoms with E-state index in [-0.39, 0.29) is 5.60 Å². The van der Waals surface area contributed by atoms with Crippen LogP contribution in [0.5, 0.6) is 0 Å². The monoisotopic (exact) mass is 124 g/mol. The van der Waals surface area contributed by atoms with Crippen LogP contribution in [-0.4, -0.2) is 11.7 Å². The molecule has 1 nitrogen and oxygen atoms in total. The van der Waals surface area contributed by atoms with E-state index >= 15 is 0 Å². The van der Waals surface area contributed by atoms with Crippen molar-refractivity contribution < 1.29 is 4.74 Å². The molecule has 0 aromatic heterocycles. The van der Waals surface area contributed by atoms with Gasteiger partial charge in [0, 0.05) is 6.42 Å². The van der Waals surface area contributed by atoms with Gasteiger partial charge in [0.05, 0.1) is 6.10 Å². The maximum atomic E-state index is 5.35. The van der Waals surface area contributed by atoms with Gasteiger partial charge in [-0.1, -0.05) is 6.92 Å². The molecule has 9 heavy (non-hydrogen) atoms. The average Bonchev–Trinajstić information content (AvgIpc) is 2.45. The minimum Gasteiger partial charge on any atom is -0.365 e. The molecule has 0 aromatic carbocycles. The molecule has 0 aromatic rings. The molecule has 0 radical (unpaired) electrons. The highest BCUT2D eigenvalue weighted by Crippen LogP contribution is 2.41. The SMILES string of the molecule is C#CCC1(CC)OC1C. The van der Waals surface area contributed by atoms with E-state index in [1.807, 2.05) is 0 Å². The average molecular weight is 124 g/mol. The van der Waals surface area contributed by atoms with E-state index in [0.29, 0.717) is 6.10 Å². The van der Waals surface area contributed by atoms with Crippen LogP contribution in [0.4, 0.5) is 0 Å². The van der Waals surface area contributed by atoms with Gasteiger partial charge in [0.15, 0.2) is 0 Å². The Labute approximate surface area is 56.4 Å². The lowest BCUT2D eigenvalue weighted by atomic mass is 10.00. The first-order valence-electron chi connectivity index (χ1n) is 3.36. The molecule has 0 spiro atoms. The van der Waals surface area contributed by atoms with E-state index in [4.69, 9.17) is 11.2 Å². The molecular formula is C8H12O. The van der Waals surface area contributed by atoms with Crippen molar-refractivity contribution in [3.8, 4) is 12.3 Å². The Morgan fingerprint density at radius 2 is 2.33 bits per heavy atom. The Hall–Kier alpha value is -0.480. The minimum absolute atomic E-state index is 0.0642. The molecule has 50 valence electrons. The molecule has 0 aliphatic carbocycles. The van der Waals surface area contributed by atoms with Crippen LogP contribution in [0.2, 0.25) is 0 Å². The molecule has 1 heterocycles. The molecule has 0 amide bonds. The van der Waals surface area contributed by atoms with E-state index in [1.165, 1.54) is 0 Å². The summed E-state index contributed by atoms with van der Waals surface area (Å²) in [5.74, 6) is 2.63. The number of epoxide rings is 1. The summed E-state index contributed by atoms with van der Waals surface area (Å²) >= 11 is 0. The molecule has 2 unspecified atom stereocenters. The minimum atomic E-state index is 0.0642. The van der Waals surface area contributed by atoms with Crippen LogP contribution in [0.25, 0.3) is 0 Å². The van der Waals surface area contributed by atoms with Crippen molar-refractivity contribution >= 4 is 0 Å². The Morgan fingerprint density at radius 1 is 1.78 bits per heavy atom. The lowest BCUT2D eigenvalue weighted by molar-refractivity contribution is 0.292. The van der Waals surface area contributed by atoms with Crippen LogP contribution >= 0.6 is 0 Å². The van der Waals surface area contributed by atoms with E-state index in [9.17, 15) is 0 Å². The molecule has 1 aliphatic rings. The third-order valence-corrected chi connectivity index (χ3v) is 2.09. The van der Waals surface area contributed by atoms with Crippen molar-refractivity contribution in [1.82, 2.24) is 0 Å². The molecule has 0 N–H and O–H groups in total. The van der Waals surface area contributed by atoms with Gasteiger partial charge in [-0.25, -0.2) is 0 Å². The zero-order valence-corrected chi connectivity index (χ0v) is 5.98. The topological polar surface area (TPSA) is 12.5 Å². The molecule has 1 aliphatic heterocycles. The number of hydrogen-bond acceptors (Lipinski definition) is 1. The van der Waals surface area contributed by atoms with Gasteiger partial charge in [-0.05, 0) is 13.3 Å². The number of terminal acetylenes is 1. The number of rotatable bonds is 2. The van der Waals surface area contributed by atoms with Gasteiger partial charge in [0.25, 0.3) is 0 Å². The van der Waals surface area contributed by atoms with Crippen molar-refractivity contribution in [3.05, 3.63) is 0 Å². The summed E-state index contributed by atoms with van der Waals surface area (Å²) in [4.78, 5) is 0. The highest BCUT2D eigenvalue weighted by Gasteiger charge is 2.50. The van der Waals surface area contributed by atoms with Crippen molar-refractivity contribution in [3.63, 3.8) is 0 Å². The van der Waals surface area contributed by atoms with Gasteiger partial charge in [-0.3, -0.25) is 0 Å². The number of ether oxygens (including phenoxy) is 1. The number of hydrogen-bond donors (Lipinski definition) is 0. The molecule has 1 heteroatoms. The Kier molecular flexibility index (Phi) is 1.50. The second-order valence-electron chi connectivity index (χ2n) is 2.56. The lowest BCUT2D eigenvalue weighted by Gasteiger charge is -2.01. The zero-order chi connectivity index (χ0) is 6.91. The first-order valence-corrected chi connectivity index (χ1v) is 3.36. The van der Waals surface area contributed by atoms with Gasteiger partial charge in [0.2, 0.25) is 0 Å². The third kappa shape index (κ3) is 0.951. The largest absolute Gasteiger partial charge is 0.365 e. The third-order valence-electron chi connectivity index (χ3n) is 2.09. The van der Waals surface area contributed by atoms with E-state index in [0.717, 1.165) is 12.8 Å². The first kappa shape index (κ1) is 6.64. The summed E-state index contributed by atoms with van der Waals surface area (Å²) < 4.78 is 5.35. The predicted octanol–water partition coefficient (Wildman–Crippen LogP) is 1.58. The molecule has 0 bridgehead atoms. The van der Waals surface area contributed by atoms with Crippen molar-refractivity contribution in [2.75, 3.05) is 0 Å². The summed E-state index contributed by atoms with van der Waals surface area (Å²) in [7, 11) is 0. The van der Waals surface area contributed by atoms with Crippen LogP contribution in [0.1, 0.15) is 26.7 Å². The van der Waals surface area contributed by atoms with Gasteiger partial charge in [0.1, 0.15) is 5.60 Å². The highest BCUT2D eigenvalue weighted by molar-refractivity contribution is 5.07. The van der Waals surface area contributed by atoms with Gasteiger partial charge in [-0.2, -0.15) is 0 Å². The standard InChI is InChI=1S/C8H12O/c1-4-6-8(5-2)7(3)9-8/h1,7H,5-6H2,2-3H3. The second-order valence-corrected chi connectivity index (χ2v) is 2.56. The second kappa shape index (κ2) is 2.04. The fourth-order valence-corrected chi connectivity index (χ4v) is 1.17. The van der Waals surface area contributed by atoms with Gasteiger partial charge < -0.3 is 4.74 Å². The smallest absolute Gasteiger partial charge is 0.105 e. The molecule has 1 fully saturated rings. The Bertz CT molecular complexity index is 141. The first-order chi connectivity index (χ1) is 4.25. The van der Waals surface area contributed by atoms with E-state index in [2.05, 4.69) is 19.8 Å². The fraction of sp³-hybridized carbons (Fsp3) is 0.750. The molecule has 2 atom stereocenters. The Morgan fingerprint density at radius 3 is 2.44 bits per heavy atom. The molecule has 0 saturated carbocycles. The van der Waals surface area contributed by atoms with Crippen LogP contribution < -0.4 is 0 Å². The molecular weight excluding hydrogens is 112 g/mol. The quantitative estimate of drug-likeness (QED) is 0.402. The predicted molar refractivity (Wildman–Crippen MR) is 37.0 cm³/mol. The molecule has 1 rings (SSSR count). The van der Waals surface area contributed by atoms with Crippen molar-refractivity contribution in [2.24, 2.45) is 0 Å². The summed E-state index contributed by atoms with van der Waals surface area (Å²) in [6.45, 7) is 4.18. The maximum Gasteiger partial charge on any atom is 0.105 e. The van der Waals surface area contributed by atoms with E-state index in [1.54, 1.807) is 0 Å². The zero-order valence-electron chi connectivity index (χ0n) is 5.98. The van der Waals surface area contributed by atoms with Gasteiger partial charge in [-0.15, -0.1) is 12.3 Å². The van der Waals surface area contributed by atoms with Crippen molar-refractivity contribution in [2.45, 2.75) is 38.4 Å². The van der Waals surface area contributed by atoms with Crippen LogP contribution in [0.15, 0.2) is 0 Å². The van der Waals surface area contributed by atoms with Gasteiger partial charge >= 0.3 is 0 Å². The van der Waals surface area contributed by atoms with Crippen LogP contribution in [0, 0.1) is 12.3 Å². The summed E-state index contributed by atoms with van der Waals surface area (Å²) in [5.41, 5.74) is 0.0642. The normalized spacial score (nSPS) is 39.9. The Balaban J connectivity index is 2.44. The lowest BCUT2D eigenvalue weighted by Crippen LogP contribution is -2.10. The summed E-state index contributed by atoms with van der Waals surface area (Å²) in [6, 6.07) is 0. The van der Waals surface area contributed by atoms with Crippen LogP contribution in [0.3, 0.4) is 0 Å². The van der Waals surface area contributed by atoms with Crippen molar-refractivity contribution in [1.29, 1.82) is 0 Å². The summed E-state index contributed by atoms with van der Waals surface area (Å²) in [5, 5.41) is 0. The molecule has 1 saturated heterocycles. The van der Waals surface area contributed by atoms with E-state index < -0.39 is 0 Å². The maximum absolute atomic E-state index is 5.35. The summed E-state index contributed by atoms with van der Waals surface area (Å²) in [6.07, 6.45) is 7.36. The highest BCUT2D eigenvalue weighted by atomic mass is 16.6. The fourth-order valence-electron chi connectivity index (χ4n) is 1.17.